The summed E-state index contributed by atoms with van der Waals surface area (Å²) < 4.78 is 0. The van der Waals surface area contributed by atoms with Crippen molar-refractivity contribution in [2.24, 2.45) is 0 Å². The van der Waals surface area contributed by atoms with Crippen molar-refractivity contribution in [2.45, 2.75) is 6.54 Å². The Bertz CT molecular complexity index is 189. The summed E-state index contributed by atoms with van der Waals surface area (Å²) in [6, 6.07) is 3.90. The van der Waals surface area contributed by atoms with Crippen LogP contribution in [-0.2, 0) is 6.54 Å². The fourth-order valence-electron chi connectivity index (χ4n) is 0.812. The van der Waals surface area contributed by atoms with Gasteiger partial charge in [-0.1, -0.05) is 0 Å². The number of aliphatic hydroxyl groups is 1. The second-order valence-corrected chi connectivity index (χ2v) is 2.26. The molecule has 3 heteroatoms. The summed E-state index contributed by atoms with van der Waals surface area (Å²) in [5, 5.41) is 11.5. The van der Waals surface area contributed by atoms with E-state index in [1.807, 2.05) is 12.1 Å². The molecule has 0 bridgehead atoms. The number of hydrogen-bond donors (Lipinski definition) is 2. The molecule has 1 rings (SSSR count). The van der Waals surface area contributed by atoms with Crippen LogP contribution >= 0.6 is 0 Å². The van der Waals surface area contributed by atoms with Crippen molar-refractivity contribution in [2.75, 3.05) is 13.2 Å². The van der Waals surface area contributed by atoms with E-state index in [-0.39, 0.29) is 6.61 Å². The summed E-state index contributed by atoms with van der Waals surface area (Å²) in [6.07, 6.45) is 3.52. The number of aliphatic hydroxyl groups excluding tert-OH is 1. The van der Waals surface area contributed by atoms with Crippen LogP contribution in [0.1, 0.15) is 5.56 Å². The SMILES string of the molecule is OCCNCc1ccncc1. The lowest BCUT2D eigenvalue weighted by atomic mass is 10.3. The van der Waals surface area contributed by atoms with E-state index in [1.54, 1.807) is 12.4 Å². The normalized spacial score (nSPS) is 9.91. The van der Waals surface area contributed by atoms with Gasteiger partial charge in [0.15, 0.2) is 0 Å². The van der Waals surface area contributed by atoms with Gasteiger partial charge in [-0.15, -0.1) is 0 Å². The van der Waals surface area contributed by atoms with Gasteiger partial charge < -0.3 is 10.4 Å². The molecule has 3 nitrogen and oxygen atoms in total. The van der Waals surface area contributed by atoms with Gasteiger partial charge in [-0.25, -0.2) is 0 Å². The molecule has 1 aromatic rings. The van der Waals surface area contributed by atoms with Crippen LogP contribution in [0.15, 0.2) is 24.5 Å². The van der Waals surface area contributed by atoms with Crippen molar-refractivity contribution in [3.63, 3.8) is 0 Å². The van der Waals surface area contributed by atoms with E-state index in [1.165, 1.54) is 5.56 Å². The molecule has 0 aliphatic carbocycles. The minimum absolute atomic E-state index is 0.186. The largest absolute Gasteiger partial charge is 0.395 e. The molecule has 0 spiro atoms. The van der Waals surface area contributed by atoms with Crippen molar-refractivity contribution >= 4 is 0 Å². The first-order chi connectivity index (χ1) is 5.43. The van der Waals surface area contributed by atoms with Crippen LogP contribution in [0.5, 0.6) is 0 Å². The van der Waals surface area contributed by atoms with E-state index >= 15 is 0 Å². The third-order valence-electron chi connectivity index (χ3n) is 1.37. The maximum atomic E-state index is 8.47. The van der Waals surface area contributed by atoms with Crippen molar-refractivity contribution in [1.29, 1.82) is 0 Å². The van der Waals surface area contributed by atoms with Gasteiger partial charge in [0.05, 0.1) is 6.61 Å². The average Bonchev–Trinajstić information content (AvgIpc) is 2.07. The molecule has 60 valence electrons. The first kappa shape index (κ1) is 8.17. The van der Waals surface area contributed by atoms with Crippen molar-refractivity contribution in [3.05, 3.63) is 30.1 Å². The van der Waals surface area contributed by atoms with E-state index in [2.05, 4.69) is 10.3 Å². The molecule has 0 aromatic carbocycles. The molecular formula is C8H12N2O. The van der Waals surface area contributed by atoms with Crippen LogP contribution in [0.4, 0.5) is 0 Å². The molecule has 2 N–H and O–H groups in total. The second kappa shape index (κ2) is 4.82. The highest BCUT2D eigenvalue weighted by Crippen LogP contribution is 1.93. The number of hydrogen-bond acceptors (Lipinski definition) is 3. The van der Waals surface area contributed by atoms with Crippen LogP contribution in [0.2, 0.25) is 0 Å². The number of pyridine rings is 1. The molecule has 1 heterocycles. The molecule has 0 amide bonds. The van der Waals surface area contributed by atoms with E-state index in [0.717, 1.165) is 6.54 Å². The van der Waals surface area contributed by atoms with Gasteiger partial charge in [0.25, 0.3) is 0 Å². The van der Waals surface area contributed by atoms with E-state index in [0.29, 0.717) is 6.54 Å². The van der Waals surface area contributed by atoms with Gasteiger partial charge in [-0.2, -0.15) is 0 Å². The van der Waals surface area contributed by atoms with E-state index < -0.39 is 0 Å². The van der Waals surface area contributed by atoms with Crippen LogP contribution in [0, 0.1) is 0 Å². The Balaban J connectivity index is 2.28. The lowest BCUT2D eigenvalue weighted by Gasteiger charge is -2.00. The molecular weight excluding hydrogens is 140 g/mol. The van der Waals surface area contributed by atoms with Crippen LogP contribution in [0.3, 0.4) is 0 Å². The molecule has 0 saturated heterocycles. The smallest absolute Gasteiger partial charge is 0.0556 e. The predicted octanol–water partition coefficient (Wildman–Crippen LogP) is 0.163. The van der Waals surface area contributed by atoms with Crippen LogP contribution in [0.25, 0.3) is 0 Å². The number of nitrogens with zero attached hydrogens (tertiary/aromatic N) is 1. The molecule has 0 unspecified atom stereocenters. The standard InChI is InChI=1S/C8H12N2O/c11-6-5-10-7-8-1-3-9-4-2-8/h1-4,10-11H,5-7H2. The van der Waals surface area contributed by atoms with Gasteiger partial charge in [-0.3, -0.25) is 4.98 Å². The minimum atomic E-state index is 0.186. The Kier molecular flexibility index (Phi) is 3.58. The van der Waals surface area contributed by atoms with E-state index in [4.69, 9.17) is 5.11 Å². The predicted molar refractivity (Wildman–Crippen MR) is 43.0 cm³/mol. The third-order valence-corrected chi connectivity index (χ3v) is 1.37. The van der Waals surface area contributed by atoms with Crippen molar-refractivity contribution < 1.29 is 5.11 Å². The molecule has 0 fully saturated rings. The van der Waals surface area contributed by atoms with Gasteiger partial charge in [0, 0.05) is 25.5 Å². The minimum Gasteiger partial charge on any atom is -0.395 e. The van der Waals surface area contributed by atoms with Crippen LogP contribution < -0.4 is 5.32 Å². The third kappa shape index (κ3) is 3.11. The van der Waals surface area contributed by atoms with Gasteiger partial charge in [0.2, 0.25) is 0 Å². The Morgan fingerprint density at radius 3 is 2.73 bits per heavy atom. The fourth-order valence-corrected chi connectivity index (χ4v) is 0.812. The summed E-state index contributed by atoms with van der Waals surface area (Å²) in [6.45, 7) is 1.62. The number of rotatable bonds is 4. The quantitative estimate of drug-likeness (QED) is 0.604. The summed E-state index contributed by atoms with van der Waals surface area (Å²) in [5.74, 6) is 0. The molecule has 1 aromatic heterocycles. The maximum absolute atomic E-state index is 8.47. The molecule has 0 aliphatic heterocycles. The molecule has 0 atom stereocenters. The molecule has 0 saturated carbocycles. The zero-order valence-electron chi connectivity index (χ0n) is 6.33. The zero-order valence-corrected chi connectivity index (χ0v) is 6.33. The zero-order chi connectivity index (χ0) is 7.94. The first-order valence-corrected chi connectivity index (χ1v) is 3.64. The average molecular weight is 152 g/mol. The Hall–Kier alpha value is -0.930. The van der Waals surface area contributed by atoms with Crippen molar-refractivity contribution in [3.8, 4) is 0 Å². The lowest BCUT2D eigenvalue weighted by Crippen LogP contribution is -2.17. The van der Waals surface area contributed by atoms with Gasteiger partial charge >= 0.3 is 0 Å². The summed E-state index contributed by atoms with van der Waals surface area (Å²) in [4.78, 5) is 3.90. The maximum Gasteiger partial charge on any atom is 0.0556 e. The topological polar surface area (TPSA) is 45.1 Å². The summed E-state index contributed by atoms with van der Waals surface area (Å²) in [7, 11) is 0. The molecule has 11 heavy (non-hydrogen) atoms. The van der Waals surface area contributed by atoms with Crippen molar-refractivity contribution in [1.82, 2.24) is 10.3 Å². The molecule has 0 aliphatic rings. The fraction of sp³-hybridized carbons (Fsp3) is 0.375. The highest BCUT2D eigenvalue weighted by atomic mass is 16.3. The Labute approximate surface area is 66.1 Å². The summed E-state index contributed by atoms with van der Waals surface area (Å²) in [5.41, 5.74) is 1.19. The first-order valence-electron chi connectivity index (χ1n) is 3.64. The van der Waals surface area contributed by atoms with Crippen LogP contribution in [-0.4, -0.2) is 23.2 Å². The van der Waals surface area contributed by atoms with Gasteiger partial charge in [-0.05, 0) is 17.7 Å². The van der Waals surface area contributed by atoms with E-state index in [9.17, 15) is 0 Å². The Morgan fingerprint density at radius 2 is 2.09 bits per heavy atom. The number of aromatic nitrogens is 1. The number of nitrogens with one attached hydrogen (secondary N) is 1. The highest BCUT2D eigenvalue weighted by molar-refractivity contribution is 5.08. The van der Waals surface area contributed by atoms with Gasteiger partial charge in [0.1, 0.15) is 0 Å². The second-order valence-electron chi connectivity index (χ2n) is 2.26. The lowest BCUT2D eigenvalue weighted by molar-refractivity contribution is 0.292. The highest BCUT2D eigenvalue weighted by Gasteiger charge is 1.88. The monoisotopic (exact) mass is 152 g/mol. The molecule has 0 radical (unpaired) electrons. The summed E-state index contributed by atoms with van der Waals surface area (Å²) >= 11 is 0. The Morgan fingerprint density at radius 1 is 1.36 bits per heavy atom.